The van der Waals surface area contributed by atoms with Crippen LogP contribution in [0.2, 0.25) is 5.02 Å². The van der Waals surface area contributed by atoms with Crippen molar-refractivity contribution in [2.24, 2.45) is 0 Å². The van der Waals surface area contributed by atoms with Crippen LogP contribution in [0.3, 0.4) is 0 Å². The monoisotopic (exact) mass is 444 g/mol. The molecule has 1 amide bonds. The molecule has 0 fully saturated rings. The lowest BCUT2D eigenvalue weighted by molar-refractivity contribution is -0.118. The van der Waals surface area contributed by atoms with Crippen LogP contribution in [0, 0.1) is 0 Å². The first-order valence-corrected chi connectivity index (χ1v) is 11.1. The summed E-state index contributed by atoms with van der Waals surface area (Å²) in [4.78, 5) is 12.4. The lowest BCUT2D eigenvalue weighted by Gasteiger charge is -2.16. The van der Waals surface area contributed by atoms with Gasteiger partial charge in [-0.25, -0.2) is 0 Å². The minimum Gasteiger partial charge on any atom is -0.496 e. The molecule has 0 aliphatic rings. The second kappa shape index (κ2) is 10.5. The first-order valence-electron chi connectivity index (χ1n) is 9.75. The molecule has 1 atom stereocenters. The summed E-state index contributed by atoms with van der Waals surface area (Å²) >= 11 is 7.44. The highest BCUT2D eigenvalue weighted by molar-refractivity contribution is 7.99. The minimum absolute atomic E-state index is 0.0954. The van der Waals surface area contributed by atoms with E-state index in [2.05, 4.69) is 33.9 Å². The van der Waals surface area contributed by atoms with E-state index in [9.17, 15) is 4.79 Å². The van der Waals surface area contributed by atoms with E-state index in [-0.39, 0.29) is 17.7 Å². The Bertz CT molecular complexity index is 994. The van der Waals surface area contributed by atoms with Crippen LogP contribution in [0.1, 0.15) is 31.9 Å². The summed E-state index contributed by atoms with van der Waals surface area (Å²) in [6.45, 7) is 4.60. The fourth-order valence-electron chi connectivity index (χ4n) is 3.00. The fourth-order valence-corrected chi connectivity index (χ4v) is 4.06. The van der Waals surface area contributed by atoms with Gasteiger partial charge in [-0.05, 0) is 31.5 Å². The molecule has 0 bridgehead atoms. The van der Waals surface area contributed by atoms with Crippen LogP contribution >= 0.6 is 23.4 Å². The zero-order valence-electron chi connectivity index (χ0n) is 17.3. The molecular weight excluding hydrogens is 420 g/mol. The van der Waals surface area contributed by atoms with Crippen LogP contribution in [0.4, 0.5) is 0 Å². The number of methoxy groups -OCH3 is 1. The molecule has 0 aliphatic heterocycles. The van der Waals surface area contributed by atoms with E-state index in [4.69, 9.17) is 16.3 Å². The molecule has 1 unspecified atom stereocenters. The molecule has 1 N–H and O–H groups in total. The molecule has 158 valence electrons. The lowest BCUT2D eigenvalue weighted by atomic mass is 10.2. The Morgan fingerprint density at radius 3 is 2.70 bits per heavy atom. The Balaban J connectivity index is 1.68. The molecule has 3 aromatic rings. The molecule has 2 aromatic carbocycles. The standard InChI is InChI=1S/C22H25ClN4O2S/c1-4-15(2)27-21(16-8-6-5-7-9-16)25-26-22(27)30-14-20(28)24-13-17-12-18(23)10-11-19(17)29-3/h5-12,15H,4,13-14H2,1-3H3,(H,24,28). The van der Waals surface area contributed by atoms with Gasteiger partial charge in [-0.15, -0.1) is 10.2 Å². The predicted molar refractivity (Wildman–Crippen MR) is 121 cm³/mol. The van der Waals surface area contributed by atoms with E-state index in [1.165, 1.54) is 11.8 Å². The van der Waals surface area contributed by atoms with E-state index >= 15 is 0 Å². The predicted octanol–water partition coefficient (Wildman–Crippen LogP) is 4.99. The van der Waals surface area contributed by atoms with Crippen LogP contribution in [-0.4, -0.2) is 33.5 Å². The van der Waals surface area contributed by atoms with Gasteiger partial charge in [0.2, 0.25) is 5.91 Å². The molecule has 8 heteroatoms. The smallest absolute Gasteiger partial charge is 0.230 e. The van der Waals surface area contributed by atoms with Crippen molar-refractivity contribution in [1.29, 1.82) is 0 Å². The average Bonchev–Trinajstić information content (AvgIpc) is 3.20. The van der Waals surface area contributed by atoms with Crippen molar-refractivity contribution in [3.63, 3.8) is 0 Å². The second-order valence-corrected chi connectivity index (χ2v) is 8.20. The summed E-state index contributed by atoms with van der Waals surface area (Å²) < 4.78 is 7.43. The van der Waals surface area contributed by atoms with Gasteiger partial charge in [-0.1, -0.05) is 60.6 Å². The summed E-state index contributed by atoms with van der Waals surface area (Å²) in [5.74, 6) is 1.65. The van der Waals surface area contributed by atoms with E-state index in [0.29, 0.717) is 17.3 Å². The zero-order chi connectivity index (χ0) is 21.5. The Morgan fingerprint density at radius 1 is 1.23 bits per heavy atom. The van der Waals surface area contributed by atoms with E-state index in [1.54, 1.807) is 25.3 Å². The van der Waals surface area contributed by atoms with Gasteiger partial charge < -0.3 is 10.1 Å². The second-order valence-electron chi connectivity index (χ2n) is 6.82. The number of halogens is 1. The number of ether oxygens (including phenoxy) is 1. The summed E-state index contributed by atoms with van der Waals surface area (Å²) in [5, 5.41) is 13.0. The number of hydrogen-bond acceptors (Lipinski definition) is 5. The van der Waals surface area contributed by atoms with Crippen LogP contribution in [0.15, 0.2) is 53.7 Å². The number of nitrogens with one attached hydrogen (secondary N) is 1. The number of amides is 1. The summed E-state index contributed by atoms with van der Waals surface area (Å²) in [6, 6.07) is 15.5. The first-order chi connectivity index (χ1) is 14.5. The number of carbonyl (C=O) groups is 1. The third kappa shape index (κ3) is 5.34. The minimum atomic E-state index is -0.0954. The number of benzene rings is 2. The number of nitrogens with zero attached hydrogens (tertiary/aromatic N) is 3. The zero-order valence-corrected chi connectivity index (χ0v) is 18.8. The highest BCUT2D eigenvalue weighted by atomic mass is 35.5. The van der Waals surface area contributed by atoms with Crippen molar-refractivity contribution in [2.45, 2.75) is 38.0 Å². The van der Waals surface area contributed by atoms with Gasteiger partial charge in [0.25, 0.3) is 0 Å². The molecule has 1 aromatic heterocycles. The first kappa shape index (κ1) is 22.2. The highest BCUT2D eigenvalue weighted by Crippen LogP contribution is 2.29. The maximum atomic E-state index is 12.4. The van der Waals surface area contributed by atoms with Crippen molar-refractivity contribution in [1.82, 2.24) is 20.1 Å². The molecule has 1 heterocycles. The van der Waals surface area contributed by atoms with Crippen molar-refractivity contribution < 1.29 is 9.53 Å². The molecule has 0 saturated carbocycles. The van der Waals surface area contributed by atoms with Gasteiger partial charge in [0, 0.05) is 28.7 Å². The number of carbonyl (C=O) groups excluding carboxylic acids is 1. The topological polar surface area (TPSA) is 69.0 Å². The Hall–Kier alpha value is -2.51. The van der Waals surface area contributed by atoms with E-state index in [0.717, 1.165) is 28.5 Å². The highest BCUT2D eigenvalue weighted by Gasteiger charge is 2.19. The Labute approximate surface area is 186 Å². The van der Waals surface area contributed by atoms with E-state index in [1.807, 2.05) is 30.3 Å². The fraction of sp³-hybridized carbons (Fsp3) is 0.318. The van der Waals surface area contributed by atoms with Crippen molar-refractivity contribution in [2.75, 3.05) is 12.9 Å². The molecule has 6 nitrogen and oxygen atoms in total. The molecule has 30 heavy (non-hydrogen) atoms. The van der Waals surface area contributed by atoms with Gasteiger partial charge in [-0.2, -0.15) is 0 Å². The third-order valence-corrected chi connectivity index (χ3v) is 5.96. The van der Waals surface area contributed by atoms with Crippen LogP contribution in [0.25, 0.3) is 11.4 Å². The van der Waals surface area contributed by atoms with Gasteiger partial charge in [0.1, 0.15) is 5.75 Å². The molecule has 0 spiro atoms. The van der Waals surface area contributed by atoms with Gasteiger partial charge >= 0.3 is 0 Å². The van der Waals surface area contributed by atoms with Gasteiger partial charge in [0.15, 0.2) is 11.0 Å². The van der Waals surface area contributed by atoms with Gasteiger partial charge in [-0.3, -0.25) is 9.36 Å². The molecule has 0 radical (unpaired) electrons. The number of aromatic nitrogens is 3. The molecular formula is C22H25ClN4O2S. The Morgan fingerprint density at radius 2 is 2.00 bits per heavy atom. The number of thioether (sulfide) groups is 1. The van der Waals surface area contributed by atoms with Crippen molar-refractivity contribution in [3.05, 3.63) is 59.1 Å². The summed E-state index contributed by atoms with van der Waals surface area (Å²) in [6.07, 6.45) is 0.937. The largest absolute Gasteiger partial charge is 0.496 e. The average molecular weight is 445 g/mol. The number of hydrogen-bond donors (Lipinski definition) is 1. The molecule has 3 rings (SSSR count). The van der Waals surface area contributed by atoms with Crippen molar-refractivity contribution >= 4 is 29.3 Å². The summed E-state index contributed by atoms with van der Waals surface area (Å²) in [7, 11) is 1.59. The quantitative estimate of drug-likeness (QED) is 0.471. The van der Waals surface area contributed by atoms with E-state index < -0.39 is 0 Å². The molecule has 0 aliphatic carbocycles. The van der Waals surface area contributed by atoms with Crippen molar-refractivity contribution in [3.8, 4) is 17.1 Å². The number of rotatable bonds is 9. The Kier molecular flexibility index (Phi) is 7.76. The molecule has 0 saturated heterocycles. The van der Waals surface area contributed by atoms with Crippen LogP contribution < -0.4 is 10.1 Å². The maximum absolute atomic E-state index is 12.4. The maximum Gasteiger partial charge on any atom is 0.230 e. The van der Waals surface area contributed by atoms with Crippen LogP contribution in [0.5, 0.6) is 5.75 Å². The third-order valence-electron chi connectivity index (χ3n) is 4.78. The van der Waals surface area contributed by atoms with Gasteiger partial charge in [0.05, 0.1) is 12.9 Å². The van der Waals surface area contributed by atoms with Crippen LogP contribution in [-0.2, 0) is 11.3 Å². The SMILES string of the molecule is CCC(C)n1c(SCC(=O)NCc2cc(Cl)ccc2OC)nnc1-c1ccccc1. The lowest BCUT2D eigenvalue weighted by Crippen LogP contribution is -2.25. The summed E-state index contributed by atoms with van der Waals surface area (Å²) in [5.41, 5.74) is 1.84. The normalized spacial score (nSPS) is 11.9.